The molecule has 1 fully saturated rings. The smallest absolute Gasteiger partial charge is 0.254 e. The van der Waals surface area contributed by atoms with Crippen LogP contribution in [0.4, 0.5) is 4.39 Å². The first-order valence-corrected chi connectivity index (χ1v) is 12.3. The van der Waals surface area contributed by atoms with E-state index in [-0.39, 0.29) is 24.1 Å². The fraction of sp³-hybridized carbons (Fsp3) is 0.321. The topological polar surface area (TPSA) is 108 Å². The minimum absolute atomic E-state index is 0.132. The van der Waals surface area contributed by atoms with Crippen molar-refractivity contribution in [2.75, 3.05) is 32.8 Å². The summed E-state index contributed by atoms with van der Waals surface area (Å²) in [5, 5.41) is 11.2. The Bertz CT molecular complexity index is 1110. The molecule has 0 aliphatic carbocycles. The molecule has 8 nitrogen and oxygen atoms in total. The van der Waals surface area contributed by atoms with Gasteiger partial charge in [0, 0.05) is 37.7 Å². The first-order chi connectivity index (χ1) is 18.0. The number of carbonyl (C=O) groups excluding carboxylic acids is 3. The molecule has 1 heterocycles. The standard InChI is InChI=1S/C28H32FN3O5/c29-24-12-10-23(11-13-24)25(28(35)32-16-18-37-19-17-32)20-22-7-5-21(6-8-22)9-14-26(33)30-15-3-1-2-4-27(34)31-36/h5-14,20,36H,1-4,15-19H2,(H,30,33)(H,31,34). The van der Waals surface area contributed by atoms with E-state index in [0.717, 1.165) is 24.0 Å². The molecule has 0 atom stereocenters. The molecule has 0 radical (unpaired) electrons. The number of halogens is 1. The molecular formula is C28H32FN3O5. The van der Waals surface area contributed by atoms with Crippen LogP contribution in [-0.2, 0) is 19.1 Å². The average molecular weight is 510 g/mol. The zero-order chi connectivity index (χ0) is 26.5. The Kier molecular flexibility index (Phi) is 11.0. The third-order valence-electron chi connectivity index (χ3n) is 5.86. The van der Waals surface area contributed by atoms with Gasteiger partial charge in [0.25, 0.3) is 5.91 Å². The van der Waals surface area contributed by atoms with Crippen molar-refractivity contribution in [1.29, 1.82) is 0 Å². The van der Waals surface area contributed by atoms with Crippen molar-refractivity contribution in [2.45, 2.75) is 25.7 Å². The molecule has 0 aromatic heterocycles. The van der Waals surface area contributed by atoms with Gasteiger partial charge in [-0.15, -0.1) is 0 Å². The van der Waals surface area contributed by atoms with Crippen molar-refractivity contribution in [2.24, 2.45) is 0 Å². The van der Waals surface area contributed by atoms with Crippen LogP contribution in [0.5, 0.6) is 0 Å². The first-order valence-electron chi connectivity index (χ1n) is 12.3. The minimum atomic E-state index is -0.413. The third-order valence-corrected chi connectivity index (χ3v) is 5.86. The predicted octanol–water partition coefficient (Wildman–Crippen LogP) is 3.42. The molecule has 0 unspecified atom stereocenters. The highest BCUT2D eigenvalue weighted by Crippen LogP contribution is 2.22. The Morgan fingerprint density at radius 2 is 1.62 bits per heavy atom. The predicted molar refractivity (Wildman–Crippen MR) is 139 cm³/mol. The van der Waals surface area contributed by atoms with Crippen molar-refractivity contribution >= 4 is 35.4 Å². The minimum Gasteiger partial charge on any atom is -0.378 e. The van der Waals surface area contributed by atoms with Gasteiger partial charge in [0.1, 0.15) is 5.82 Å². The second-order valence-corrected chi connectivity index (χ2v) is 8.61. The summed E-state index contributed by atoms with van der Waals surface area (Å²) in [5.41, 5.74) is 4.33. The van der Waals surface area contributed by atoms with Crippen LogP contribution < -0.4 is 10.8 Å². The lowest BCUT2D eigenvalue weighted by Crippen LogP contribution is -2.41. The van der Waals surface area contributed by atoms with Crippen molar-refractivity contribution in [3.05, 3.63) is 77.1 Å². The van der Waals surface area contributed by atoms with E-state index in [2.05, 4.69) is 5.32 Å². The molecular weight excluding hydrogens is 477 g/mol. The lowest BCUT2D eigenvalue weighted by molar-refractivity contribution is -0.129. The molecule has 3 N–H and O–H groups in total. The van der Waals surface area contributed by atoms with E-state index in [1.165, 1.54) is 18.2 Å². The lowest BCUT2D eigenvalue weighted by atomic mass is 10.0. The van der Waals surface area contributed by atoms with Gasteiger partial charge in [0.2, 0.25) is 11.8 Å². The molecule has 0 saturated carbocycles. The molecule has 0 bridgehead atoms. The molecule has 2 aromatic carbocycles. The van der Waals surface area contributed by atoms with E-state index < -0.39 is 5.91 Å². The van der Waals surface area contributed by atoms with Crippen molar-refractivity contribution in [3.8, 4) is 0 Å². The monoisotopic (exact) mass is 509 g/mol. The molecule has 37 heavy (non-hydrogen) atoms. The van der Waals surface area contributed by atoms with Crippen LogP contribution >= 0.6 is 0 Å². The van der Waals surface area contributed by atoms with Crippen LogP contribution in [-0.4, -0.2) is 60.7 Å². The summed E-state index contributed by atoms with van der Waals surface area (Å²) in [6.07, 6.45) is 7.33. The zero-order valence-electron chi connectivity index (χ0n) is 20.6. The summed E-state index contributed by atoms with van der Waals surface area (Å²) >= 11 is 0. The number of morpholine rings is 1. The lowest BCUT2D eigenvalue weighted by Gasteiger charge is -2.28. The molecule has 3 rings (SSSR count). The third kappa shape index (κ3) is 9.29. The van der Waals surface area contributed by atoms with Crippen LogP contribution in [0.2, 0.25) is 0 Å². The summed E-state index contributed by atoms with van der Waals surface area (Å²) in [6.45, 7) is 2.48. The van der Waals surface area contributed by atoms with Gasteiger partial charge in [-0.1, -0.05) is 42.8 Å². The van der Waals surface area contributed by atoms with Gasteiger partial charge in [0.15, 0.2) is 0 Å². The highest BCUT2D eigenvalue weighted by molar-refractivity contribution is 6.24. The number of rotatable bonds is 11. The van der Waals surface area contributed by atoms with Crippen LogP contribution in [0.3, 0.4) is 0 Å². The zero-order valence-corrected chi connectivity index (χ0v) is 20.6. The largest absolute Gasteiger partial charge is 0.378 e. The van der Waals surface area contributed by atoms with Crippen molar-refractivity contribution in [3.63, 3.8) is 0 Å². The number of nitrogens with one attached hydrogen (secondary N) is 2. The van der Waals surface area contributed by atoms with Crippen LogP contribution in [0.25, 0.3) is 17.7 Å². The van der Waals surface area contributed by atoms with Crippen LogP contribution in [0.15, 0.2) is 54.6 Å². The maximum atomic E-state index is 13.5. The van der Waals surface area contributed by atoms with Gasteiger partial charge < -0.3 is 15.0 Å². The van der Waals surface area contributed by atoms with E-state index in [1.54, 1.807) is 34.7 Å². The van der Waals surface area contributed by atoms with E-state index in [1.807, 2.05) is 24.3 Å². The number of hydrogen-bond donors (Lipinski definition) is 3. The highest BCUT2D eigenvalue weighted by Gasteiger charge is 2.22. The first kappa shape index (κ1) is 27.8. The maximum Gasteiger partial charge on any atom is 0.254 e. The SMILES string of the molecule is O=C(C=Cc1ccc(C=C(C(=O)N2CCOCC2)c2ccc(F)cc2)cc1)NCCCCCC(=O)NO. The summed E-state index contributed by atoms with van der Waals surface area (Å²) < 4.78 is 18.8. The molecule has 1 saturated heterocycles. The number of hydrogen-bond acceptors (Lipinski definition) is 5. The fourth-order valence-corrected chi connectivity index (χ4v) is 3.79. The Balaban J connectivity index is 1.59. The second-order valence-electron chi connectivity index (χ2n) is 8.61. The second kappa shape index (κ2) is 14.7. The number of amides is 3. The molecule has 2 aromatic rings. The number of carbonyl (C=O) groups is 3. The quantitative estimate of drug-likeness (QED) is 0.141. The van der Waals surface area contributed by atoms with Gasteiger partial charge in [-0.25, -0.2) is 9.87 Å². The Morgan fingerprint density at radius 3 is 2.30 bits per heavy atom. The number of ether oxygens (including phenoxy) is 1. The summed E-state index contributed by atoms with van der Waals surface area (Å²) in [5.74, 6) is -1.13. The number of unbranched alkanes of at least 4 members (excludes halogenated alkanes) is 2. The Morgan fingerprint density at radius 1 is 0.946 bits per heavy atom. The highest BCUT2D eigenvalue weighted by atomic mass is 19.1. The van der Waals surface area contributed by atoms with Gasteiger partial charge >= 0.3 is 0 Å². The summed E-state index contributed by atoms with van der Waals surface area (Å²) in [7, 11) is 0. The Hall–Kier alpha value is -3.82. The van der Waals surface area contributed by atoms with Gasteiger partial charge in [-0.3, -0.25) is 19.6 Å². The van der Waals surface area contributed by atoms with E-state index >= 15 is 0 Å². The molecule has 3 amide bonds. The summed E-state index contributed by atoms with van der Waals surface area (Å²) in [6, 6.07) is 13.3. The molecule has 1 aliphatic rings. The van der Waals surface area contributed by atoms with Gasteiger partial charge in [-0.2, -0.15) is 0 Å². The Labute approximate surface area is 215 Å². The van der Waals surface area contributed by atoms with Gasteiger partial charge in [-0.05, 0) is 53.8 Å². The normalized spacial score (nSPS) is 14.0. The summed E-state index contributed by atoms with van der Waals surface area (Å²) in [4.78, 5) is 38.0. The van der Waals surface area contributed by atoms with E-state index in [9.17, 15) is 18.8 Å². The average Bonchev–Trinajstić information content (AvgIpc) is 2.93. The van der Waals surface area contributed by atoms with Crippen molar-refractivity contribution < 1.29 is 28.7 Å². The van der Waals surface area contributed by atoms with Crippen molar-refractivity contribution in [1.82, 2.24) is 15.7 Å². The molecule has 9 heteroatoms. The maximum absolute atomic E-state index is 13.5. The number of nitrogens with zero attached hydrogens (tertiary/aromatic N) is 1. The van der Waals surface area contributed by atoms with E-state index in [0.29, 0.717) is 50.4 Å². The molecule has 196 valence electrons. The number of hydroxylamine groups is 1. The van der Waals surface area contributed by atoms with E-state index in [4.69, 9.17) is 9.94 Å². The number of benzene rings is 2. The van der Waals surface area contributed by atoms with Crippen LogP contribution in [0.1, 0.15) is 42.4 Å². The van der Waals surface area contributed by atoms with Crippen LogP contribution in [0, 0.1) is 5.82 Å². The fourth-order valence-electron chi connectivity index (χ4n) is 3.79. The molecule has 1 aliphatic heterocycles. The van der Waals surface area contributed by atoms with Gasteiger partial charge in [0.05, 0.1) is 13.2 Å². The molecule has 0 spiro atoms.